The molecule has 136 valence electrons. The SMILES string of the molecule is CCN(C[C@@H](C)C#N)C(=O)CN1CCC[C@@H]1c1nc2c([nH]1)CCCC2. The van der Waals surface area contributed by atoms with Crippen LogP contribution in [0, 0.1) is 17.2 Å². The van der Waals surface area contributed by atoms with Gasteiger partial charge in [-0.25, -0.2) is 4.98 Å². The lowest BCUT2D eigenvalue weighted by atomic mass is 10.0. The number of carbonyl (C=O) groups is 1. The molecular formula is C19H29N5O. The van der Waals surface area contributed by atoms with Gasteiger partial charge in [-0.15, -0.1) is 0 Å². The van der Waals surface area contributed by atoms with Crippen molar-refractivity contribution in [2.75, 3.05) is 26.2 Å². The first-order chi connectivity index (χ1) is 12.1. The summed E-state index contributed by atoms with van der Waals surface area (Å²) in [6.07, 6.45) is 6.80. The molecule has 6 heteroatoms. The predicted octanol–water partition coefficient (Wildman–Crippen LogP) is 2.43. The summed E-state index contributed by atoms with van der Waals surface area (Å²) in [5.74, 6) is 1.04. The van der Waals surface area contributed by atoms with Crippen LogP contribution in [-0.4, -0.2) is 51.9 Å². The second-order valence-electron chi connectivity index (χ2n) is 7.35. The maximum Gasteiger partial charge on any atom is 0.236 e. The van der Waals surface area contributed by atoms with E-state index in [0.717, 1.165) is 38.1 Å². The highest BCUT2D eigenvalue weighted by molar-refractivity contribution is 5.78. The second-order valence-corrected chi connectivity index (χ2v) is 7.35. The number of nitrogens with one attached hydrogen (secondary N) is 1. The maximum atomic E-state index is 12.7. The van der Waals surface area contributed by atoms with Crippen LogP contribution in [0.1, 0.15) is 62.8 Å². The van der Waals surface area contributed by atoms with Gasteiger partial charge in [0.1, 0.15) is 5.82 Å². The minimum atomic E-state index is -0.130. The van der Waals surface area contributed by atoms with Gasteiger partial charge in [-0.05, 0) is 58.9 Å². The van der Waals surface area contributed by atoms with Crippen LogP contribution in [0.2, 0.25) is 0 Å². The zero-order valence-corrected chi connectivity index (χ0v) is 15.4. The van der Waals surface area contributed by atoms with Gasteiger partial charge in [-0.1, -0.05) is 0 Å². The van der Waals surface area contributed by atoms with Gasteiger partial charge in [0.15, 0.2) is 0 Å². The van der Waals surface area contributed by atoms with Crippen molar-refractivity contribution in [1.82, 2.24) is 19.8 Å². The molecule has 1 N–H and O–H groups in total. The molecule has 6 nitrogen and oxygen atoms in total. The van der Waals surface area contributed by atoms with Gasteiger partial charge in [0, 0.05) is 18.8 Å². The molecule has 1 aliphatic heterocycles. The highest BCUT2D eigenvalue weighted by atomic mass is 16.2. The maximum absolute atomic E-state index is 12.7. The average molecular weight is 343 g/mol. The number of likely N-dealkylation sites (N-methyl/N-ethyl adjacent to an activating group) is 1. The third-order valence-corrected chi connectivity index (χ3v) is 5.44. The third-order valence-electron chi connectivity index (χ3n) is 5.44. The Labute approximate surface area is 150 Å². The van der Waals surface area contributed by atoms with E-state index in [4.69, 9.17) is 10.2 Å². The molecule has 2 atom stereocenters. The number of fused-ring (bicyclic) bond motifs is 1. The van der Waals surface area contributed by atoms with Crippen molar-refractivity contribution in [3.05, 3.63) is 17.2 Å². The van der Waals surface area contributed by atoms with Crippen molar-refractivity contribution in [2.24, 2.45) is 5.92 Å². The summed E-state index contributed by atoms with van der Waals surface area (Å²) in [6, 6.07) is 2.44. The van der Waals surface area contributed by atoms with Crippen LogP contribution in [0.25, 0.3) is 0 Å². The summed E-state index contributed by atoms with van der Waals surface area (Å²) >= 11 is 0. The Bertz CT molecular complexity index is 623. The summed E-state index contributed by atoms with van der Waals surface area (Å²) in [6.45, 7) is 6.36. The number of hydrogen-bond acceptors (Lipinski definition) is 4. The molecule has 1 aromatic rings. The fourth-order valence-electron chi connectivity index (χ4n) is 4.01. The number of nitrogens with zero attached hydrogens (tertiary/aromatic N) is 4. The van der Waals surface area contributed by atoms with Gasteiger partial charge in [0.25, 0.3) is 0 Å². The summed E-state index contributed by atoms with van der Waals surface area (Å²) < 4.78 is 0. The quantitative estimate of drug-likeness (QED) is 0.861. The number of imidazole rings is 1. The number of aromatic amines is 1. The Hall–Kier alpha value is -1.87. The first kappa shape index (κ1) is 17.9. The summed E-state index contributed by atoms with van der Waals surface area (Å²) in [5.41, 5.74) is 2.54. The average Bonchev–Trinajstić information content (AvgIpc) is 3.25. The van der Waals surface area contributed by atoms with Crippen LogP contribution in [0.4, 0.5) is 0 Å². The molecule has 25 heavy (non-hydrogen) atoms. The van der Waals surface area contributed by atoms with E-state index < -0.39 is 0 Å². The molecule has 3 rings (SSSR count). The number of hydrogen-bond donors (Lipinski definition) is 1. The Morgan fingerprint density at radius 3 is 2.96 bits per heavy atom. The summed E-state index contributed by atoms with van der Waals surface area (Å²) in [5, 5.41) is 9.01. The van der Waals surface area contributed by atoms with Gasteiger partial charge in [-0.3, -0.25) is 9.69 Å². The van der Waals surface area contributed by atoms with Gasteiger partial charge < -0.3 is 9.88 Å². The smallest absolute Gasteiger partial charge is 0.236 e. The molecule has 0 radical (unpaired) electrons. The lowest BCUT2D eigenvalue weighted by Crippen LogP contribution is -2.42. The van der Waals surface area contributed by atoms with E-state index in [2.05, 4.69) is 16.0 Å². The Balaban J connectivity index is 1.66. The molecule has 0 saturated carbocycles. The molecule has 2 heterocycles. The van der Waals surface area contributed by atoms with Gasteiger partial charge in [0.2, 0.25) is 5.91 Å². The summed E-state index contributed by atoms with van der Waals surface area (Å²) in [7, 11) is 0. The van der Waals surface area contributed by atoms with Gasteiger partial charge >= 0.3 is 0 Å². The van der Waals surface area contributed by atoms with Crippen molar-refractivity contribution < 1.29 is 4.79 Å². The largest absolute Gasteiger partial charge is 0.344 e. The highest BCUT2D eigenvalue weighted by Crippen LogP contribution is 2.32. The van der Waals surface area contributed by atoms with Crippen LogP contribution >= 0.6 is 0 Å². The highest BCUT2D eigenvalue weighted by Gasteiger charge is 2.32. The Morgan fingerprint density at radius 1 is 1.44 bits per heavy atom. The molecule has 1 amide bonds. The first-order valence-electron chi connectivity index (χ1n) is 9.61. The molecule has 2 aliphatic rings. The molecule has 1 aromatic heterocycles. The lowest BCUT2D eigenvalue weighted by molar-refractivity contribution is -0.132. The molecule has 0 bridgehead atoms. The second kappa shape index (κ2) is 8.01. The molecule has 1 fully saturated rings. The molecule has 0 spiro atoms. The van der Waals surface area contributed by atoms with E-state index >= 15 is 0 Å². The van der Waals surface area contributed by atoms with E-state index in [-0.39, 0.29) is 17.9 Å². The van der Waals surface area contributed by atoms with Crippen LogP contribution in [0.5, 0.6) is 0 Å². The number of carbonyl (C=O) groups excluding carboxylic acids is 1. The summed E-state index contributed by atoms with van der Waals surface area (Å²) in [4.78, 5) is 25.1. The fourth-order valence-corrected chi connectivity index (χ4v) is 4.01. The minimum absolute atomic E-state index is 0.118. The van der Waals surface area contributed by atoms with Crippen molar-refractivity contribution >= 4 is 5.91 Å². The first-order valence-corrected chi connectivity index (χ1v) is 9.61. The molecule has 0 aromatic carbocycles. The van der Waals surface area contributed by atoms with Crippen molar-refractivity contribution in [1.29, 1.82) is 5.26 Å². The van der Waals surface area contributed by atoms with Crippen LogP contribution < -0.4 is 0 Å². The van der Waals surface area contributed by atoms with Crippen LogP contribution in [-0.2, 0) is 17.6 Å². The van der Waals surface area contributed by atoms with E-state index in [0.29, 0.717) is 19.6 Å². The van der Waals surface area contributed by atoms with Gasteiger partial charge in [0.05, 0.1) is 30.3 Å². The third kappa shape index (κ3) is 4.04. The number of likely N-dealkylation sites (tertiary alicyclic amines) is 1. The number of nitriles is 1. The molecular weight excluding hydrogens is 314 g/mol. The minimum Gasteiger partial charge on any atom is -0.344 e. The van der Waals surface area contributed by atoms with E-state index in [1.54, 1.807) is 4.90 Å². The zero-order chi connectivity index (χ0) is 17.8. The molecule has 0 unspecified atom stereocenters. The lowest BCUT2D eigenvalue weighted by Gasteiger charge is -2.27. The molecule has 1 aliphatic carbocycles. The van der Waals surface area contributed by atoms with E-state index in [1.165, 1.54) is 24.2 Å². The standard InChI is InChI=1S/C19H29N5O/c1-3-23(12-14(2)11-20)18(25)13-24-10-6-9-17(24)19-21-15-7-4-5-8-16(15)22-19/h14,17H,3-10,12-13H2,1-2H3,(H,21,22)/t14-,17+/m0/s1. The number of aromatic nitrogens is 2. The van der Waals surface area contributed by atoms with Crippen LogP contribution in [0.15, 0.2) is 0 Å². The van der Waals surface area contributed by atoms with E-state index in [1.807, 2.05) is 13.8 Å². The van der Waals surface area contributed by atoms with Crippen molar-refractivity contribution in [3.63, 3.8) is 0 Å². The van der Waals surface area contributed by atoms with Crippen LogP contribution in [0.3, 0.4) is 0 Å². The monoisotopic (exact) mass is 343 g/mol. The van der Waals surface area contributed by atoms with Crippen molar-refractivity contribution in [2.45, 2.75) is 58.4 Å². The number of aryl methyl sites for hydroxylation is 2. The number of amides is 1. The normalized spacial score (nSPS) is 21.6. The van der Waals surface area contributed by atoms with E-state index in [9.17, 15) is 4.79 Å². The Morgan fingerprint density at radius 2 is 2.24 bits per heavy atom. The topological polar surface area (TPSA) is 76.0 Å². The fraction of sp³-hybridized carbons (Fsp3) is 0.737. The Kier molecular flexibility index (Phi) is 5.74. The van der Waals surface area contributed by atoms with Crippen molar-refractivity contribution in [3.8, 4) is 6.07 Å². The van der Waals surface area contributed by atoms with Gasteiger partial charge in [-0.2, -0.15) is 5.26 Å². The zero-order valence-electron chi connectivity index (χ0n) is 15.4. The molecule has 1 saturated heterocycles. The predicted molar refractivity (Wildman–Crippen MR) is 95.8 cm³/mol. The number of rotatable bonds is 6. The number of H-pyrrole nitrogens is 1.